The van der Waals surface area contributed by atoms with E-state index >= 15 is 0 Å². The van der Waals surface area contributed by atoms with E-state index in [-0.39, 0.29) is 54.6 Å². The van der Waals surface area contributed by atoms with Gasteiger partial charge in [-0.15, -0.1) is 0 Å². The third kappa shape index (κ3) is 10.8. The van der Waals surface area contributed by atoms with Crippen LogP contribution in [0, 0.1) is 11.5 Å². The van der Waals surface area contributed by atoms with Gasteiger partial charge in [-0.1, -0.05) is 36.9 Å². The van der Waals surface area contributed by atoms with Crippen molar-refractivity contribution in [3.63, 3.8) is 0 Å². The highest BCUT2D eigenvalue weighted by Gasteiger charge is 2.17. The quantitative estimate of drug-likeness (QED) is 0.0280. The highest BCUT2D eigenvalue weighted by atomic mass is 32.2. The number of rotatable bonds is 13. The lowest BCUT2D eigenvalue weighted by molar-refractivity contribution is 0.159. The predicted octanol–water partition coefficient (Wildman–Crippen LogP) is 1.51. The predicted molar refractivity (Wildman–Crippen MR) is 146 cm³/mol. The van der Waals surface area contributed by atoms with Crippen molar-refractivity contribution >= 4 is 50.3 Å². The van der Waals surface area contributed by atoms with E-state index in [9.17, 15) is 22.1 Å². The van der Waals surface area contributed by atoms with Gasteiger partial charge in [0.05, 0.1) is 41.5 Å². The maximum absolute atomic E-state index is 13.7. The van der Waals surface area contributed by atoms with Crippen LogP contribution in [-0.4, -0.2) is 68.6 Å². The molecule has 0 amide bonds. The van der Waals surface area contributed by atoms with Crippen LogP contribution in [-0.2, 0) is 30.1 Å². The summed E-state index contributed by atoms with van der Waals surface area (Å²) in [5.74, 6) is -0.870. The number of aromatic hydroxyl groups is 1. The minimum atomic E-state index is -4.62. The summed E-state index contributed by atoms with van der Waals surface area (Å²) >= 11 is -1.54. The molecular formula is C22H27FN8O7S2. The van der Waals surface area contributed by atoms with E-state index in [1.807, 2.05) is 30.3 Å². The van der Waals surface area contributed by atoms with Crippen LogP contribution >= 0.6 is 0 Å². The topological polar surface area (TPSA) is 249 Å². The maximum atomic E-state index is 13.7. The first-order valence-electron chi connectivity index (χ1n) is 11.1. The second kappa shape index (κ2) is 15.3. The van der Waals surface area contributed by atoms with E-state index < -0.39 is 37.9 Å². The Balaban J connectivity index is 0.000000526. The summed E-state index contributed by atoms with van der Waals surface area (Å²) in [7, 11) is -4.62. The van der Waals surface area contributed by atoms with Crippen LogP contribution in [0.2, 0.25) is 0 Å². The molecule has 1 unspecified atom stereocenters. The number of nitrogens with one attached hydrogen (secondary N) is 3. The molecule has 0 radical (unpaired) electrons. The van der Waals surface area contributed by atoms with Crippen molar-refractivity contribution in [2.45, 2.75) is 4.90 Å². The van der Waals surface area contributed by atoms with E-state index in [0.717, 1.165) is 24.0 Å². The zero-order valence-corrected chi connectivity index (χ0v) is 22.4. The van der Waals surface area contributed by atoms with Crippen LogP contribution < -0.4 is 22.1 Å². The van der Waals surface area contributed by atoms with Crippen molar-refractivity contribution in [3.8, 4) is 5.75 Å². The van der Waals surface area contributed by atoms with Gasteiger partial charge in [-0.3, -0.25) is 9.96 Å². The first kappa shape index (κ1) is 31.8. The van der Waals surface area contributed by atoms with Crippen LogP contribution in [0.1, 0.15) is 5.56 Å². The number of nitrogens with two attached hydrogens (primary N) is 2. The fourth-order valence-corrected chi connectivity index (χ4v) is 3.73. The molecule has 0 aliphatic heterocycles. The minimum Gasteiger partial charge on any atom is -0.504 e. The number of halogens is 1. The lowest BCUT2D eigenvalue weighted by atomic mass is 10.2. The van der Waals surface area contributed by atoms with Crippen molar-refractivity contribution in [2.24, 2.45) is 5.73 Å². The first-order chi connectivity index (χ1) is 18.9. The first-order valence-corrected chi connectivity index (χ1v) is 13.7. The van der Waals surface area contributed by atoms with Crippen LogP contribution in [0.25, 0.3) is 0 Å². The van der Waals surface area contributed by atoms with Gasteiger partial charge in [0.15, 0.2) is 5.75 Å². The number of nitrogen functional groups attached to an aromatic ring is 2. The molecule has 40 heavy (non-hydrogen) atoms. The Hall–Kier alpha value is -4.39. The molecule has 0 bridgehead atoms. The second-order valence-electron chi connectivity index (χ2n) is 7.35. The fraction of sp³-hybridized carbons (Fsp3) is 0.182. The number of ether oxygens (including phenoxy) is 1. The van der Waals surface area contributed by atoms with Crippen LogP contribution in [0.4, 0.5) is 27.7 Å². The van der Waals surface area contributed by atoms with Crippen LogP contribution in [0.15, 0.2) is 60.2 Å². The van der Waals surface area contributed by atoms with E-state index in [2.05, 4.69) is 36.3 Å². The van der Waals surface area contributed by atoms with Gasteiger partial charge >= 0.3 is 6.08 Å². The number of aromatic nitrogens is 3. The molecule has 0 spiro atoms. The zero-order valence-electron chi connectivity index (χ0n) is 20.8. The summed E-state index contributed by atoms with van der Waals surface area (Å²) in [5.41, 5.74) is 10.8. The van der Waals surface area contributed by atoms with E-state index in [1.165, 1.54) is 0 Å². The number of amidine groups is 1. The molecule has 0 aliphatic rings. The molecule has 3 rings (SSSR count). The monoisotopic (exact) mass is 598 g/mol. The van der Waals surface area contributed by atoms with Gasteiger partial charge in [0.2, 0.25) is 23.0 Å². The summed E-state index contributed by atoms with van der Waals surface area (Å²) in [6.07, 6.45) is -0.109. The lowest BCUT2D eigenvalue weighted by Crippen LogP contribution is -2.16. The highest BCUT2D eigenvalue weighted by Crippen LogP contribution is 2.34. The second-order valence-corrected chi connectivity index (χ2v) is 9.98. The molecule has 9 N–H and O–H groups in total. The van der Waals surface area contributed by atoms with Gasteiger partial charge in [0.1, 0.15) is 5.84 Å². The molecule has 0 saturated carbocycles. The number of hydrogen-bond donors (Lipinski definition) is 7. The highest BCUT2D eigenvalue weighted by molar-refractivity contribution is 7.85. The number of hydrogen-bond acceptors (Lipinski definition) is 13. The van der Waals surface area contributed by atoms with Crippen LogP contribution in [0.5, 0.6) is 5.75 Å². The van der Waals surface area contributed by atoms with E-state index in [0.29, 0.717) is 0 Å². The van der Waals surface area contributed by atoms with E-state index in [4.69, 9.17) is 26.2 Å². The summed E-state index contributed by atoms with van der Waals surface area (Å²) in [6, 6.07) is 10.9. The van der Waals surface area contributed by atoms with Crippen molar-refractivity contribution in [1.29, 1.82) is 5.41 Å². The number of phenolic OH excluding ortho intramolecular Hbond substituents is 1. The summed E-state index contributed by atoms with van der Waals surface area (Å²) < 4.78 is 66.6. The summed E-state index contributed by atoms with van der Waals surface area (Å²) in [4.78, 5) is 10.1. The van der Waals surface area contributed by atoms with Gasteiger partial charge in [0.25, 0.3) is 10.1 Å². The van der Waals surface area contributed by atoms with Gasteiger partial charge in [-0.05, 0) is 12.1 Å². The normalized spacial score (nSPS) is 11.4. The van der Waals surface area contributed by atoms with E-state index in [1.54, 1.807) is 0 Å². The summed E-state index contributed by atoms with van der Waals surface area (Å²) in [6.45, 7) is 3.73. The van der Waals surface area contributed by atoms with Gasteiger partial charge in [-0.25, -0.2) is 4.21 Å². The SMILES string of the molecule is C=COS(=O)CCOCCNc1nc(F)nc(Nc2cc(S(=O)(=O)O)cc(N)c2O)n1.N=C(N)c1ccccc1. The Morgan fingerprint density at radius 3 is 2.45 bits per heavy atom. The van der Waals surface area contributed by atoms with Crippen molar-refractivity contribution in [1.82, 2.24) is 15.0 Å². The molecule has 1 aromatic heterocycles. The third-order valence-corrected chi connectivity index (χ3v) is 6.13. The average molecular weight is 599 g/mol. The smallest absolute Gasteiger partial charge is 0.315 e. The molecule has 0 saturated heterocycles. The third-order valence-electron chi connectivity index (χ3n) is 4.45. The molecule has 216 valence electrons. The summed E-state index contributed by atoms with van der Waals surface area (Å²) in [5, 5.41) is 22.1. The van der Waals surface area contributed by atoms with Crippen molar-refractivity contribution < 1.29 is 35.6 Å². The Morgan fingerprint density at radius 1 is 1.18 bits per heavy atom. The standard InChI is InChI=1S/C15H19FN6O7S2.C7H8N2/c1-2-29-30(24)6-5-28-4-3-18-14-20-13(16)21-15(22-14)19-11-8-9(31(25,26)27)7-10(17)12(11)23;8-7(9)6-4-2-1-3-5-6/h2,7-8,23H,1,3-6,17H2,(H,25,26,27)(H2,18,19,20,21,22);1-5H,(H3,8,9). The molecule has 0 fully saturated rings. The Bertz CT molecular complexity index is 1450. The molecule has 3 aromatic rings. The average Bonchev–Trinajstić information content (AvgIpc) is 2.89. The molecule has 1 atom stereocenters. The van der Waals surface area contributed by atoms with Gasteiger partial charge in [0, 0.05) is 12.1 Å². The maximum Gasteiger partial charge on any atom is 0.315 e. The molecule has 2 aromatic carbocycles. The minimum absolute atomic E-state index is 0.121. The largest absolute Gasteiger partial charge is 0.504 e. The zero-order chi connectivity index (χ0) is 29.7. The number of nitrogens with zero attached hydrogens (tertiary/aromatic N) is 3. The molecule has 15 nitrogen and oxygen atoms in total. The fourth-order valence-electron chi connectivity index (χ4n) is 2.68. The number of benzene rings is 2. The lowest BCUT2D eigenvalue weighted by Gasteiger charge is -2.11. The van der Waals surface area contributed by atoms with Crippen molar-refractivity contribution in [2.75, 3.05) is 41.9 Å². The molecule has 0 aliphatic carbocycles. The molecular weight excluding hydrogens is 571 g/mol. The Kier molecular flexibility index (Phi) is 12.1. The Labute approximate surface area is 231 Å². The molecule has 1 heterocycles. The Morgan fingerprint density at radius 2 is 1.85 bits per heavy atom. The molecule has 18 heteroatoms. The van der Waals surface area contributed by atoms with Gasteiger partial charge in [-0.2, -0.15) is 27.8 Å². The van der Waals surface area contributed by atoms with Crippen LogP contribution in [0.3, 0.4) is 0 Å². The number of phenols is 1. The van der Waals surface area contributed by atoms with Gasteiger partial charge < -0.3 is 36.1 Å². The van der Waals surface area contributed by atoms with Crippen molar-refractivity contribution in [3.05, 3.63) is 66.9 Å². The number of anilines is 4.